The highest BCUT2D eigenvalue weighted by atomic mass is 32.2. The van der Waals surface area contributed by atoms with Crippen molar-refractivity contribution in [1.29, 1.82) is 0 Å². The van der Waals surface area contributed by atoms with Crippen LogP contribution in [0.3, 0.4) is 0 Å². The summed E-state index contributed by atoms with van der Waals surface area (Å²) in [6.45, 7) is 5.86. The van der Waals surface area contributed by atoms with Gasteiger partial charge in [-0.1, -0.05) is 17.7 Å². The Morgan fingerprint density at radius 2 is 1.77 bits per heavy atom. The Bertz CT molecular complexity index is 1180. The number of carbonyl (C=O) groups is 1. The molecule has 160 valence electrons. The average Bonchev–Trinajstić information content (AvgIpc) is 3.06. The molecule has 1 heterocycles. The van der Waals surface area contributed by atoms with E-state index in [9.17, 15) is 13.2 Å². The average molecular weight is 433 g/mol. The number of nitrogens with one attached hydrogen (secondary N) is 1. The van der Waals surface area contributed by atoms with E-state index < -0.39 is 10.1 Å². The van der Waals surface area contributed by atoms with Crippen LogP contribution in [0.5, 0.6) is 0 Å². The van der Waals surface area contributed by atoms with Gasteiger partial charge in [0.1, 0.15) is 5.69 Å². The molecule has 2 aromatic carbocycles. The van der Waals surface area contributed by atoms with Crippen molar-refractivity contribution in [3.63, 3.8) is 0 Å². The number of hydrogen-bond donors (Lipinski definition) is 4. The van der Waals surface area contributed by atoms with E-state index in [-0.39, 0.29) is 16.8 Å². The summed E-state index contributed by atoms with van der Waals surface area (Å²) in [5.41, 5.74) is 14.6. The molecule has 30 heavy (non-hydrogen) atoms. The molecular formula is C20H24N4O5S. The lowest BCUT2D eigenvalue weighted by molar-refractivity contribution is 0.0520. The molecule has 0 aliphatic heterocycles. The predicted octanol–water partition coefficient (Wildman–Crippen LogP) is 2.80. The van der Waals surface area contributed by atoms with Gasteiger partial charge in [0.2, 0.25) is 0 Å². The quantitative estimate of drug-likeness (QED) is 0.213. The number of H-pyrrole nitrogens is 1. The monoisotopic (exact) mass is 432 g/mol. The lowest BCUT2D eigenvalue weighted by atomic mass is 10.1. The summed E-state index contributed by atoms with van der Waals surface area (Å²) in [5.74, 6) is -0.374. The minimum absolute atomic E-state index is 0.0000908. The van der Waals surface area contributed by atoms with Crippen LogP contribution in [0, 0.1) is 13.8 Å². The van der Waals surface area contributed by atoms with Crippen molar-refractivity contribution >= 4 is 38.6 Å². The molecular weight excluding hydrogens is 408 g/mol. The minimum Gasteiger partial charge on any atom is -0.461 e. The first-order valence-corrected chi connectivity index (χ1v) is 10.4. The van der Waals surface area contributed by atoms with Crippen LogP contribution in [0.4, 0.5) is 5.69 Å². The van der Waals surface area contributed by atoms with Crippen LogP contribution in [0.25, 0.3) is 10.9 Å². The van der Waals surface area contributed by atoms with Crippen molar-refractivity contribution in [3.8, 4) is 0 Å². The van der Waals surface area contributed by atoms with Crippen molar-refractivity contribution < 1.29 is 22.5 Å². The fourth-order valence-corrected chi connectivity index (χ4v) is 3.13. The third-order valence-electron chi connectivity index (χ3n) is 3.98. The lowest BCUT2D eigenvalue weighted by Crippen LogP contribution is -2.21. The van der Waals surface area contributed by atoms with Crippen molar-refractivity contribution in [1.82, 2.24) is 4.98 Å². The summed E-state index contributed by atoms with van der Waals surface area (Å²) in [7, 11) is -4.02. The van der Waals surface area contributed by atoms with Gasteiger partial charge in [0.15, 0.2) is 5.96 Å². The van der Waals surface area contributed by atoms with E-state index in [1.165, 1.54) is 12.1 Å². The Kier molecular flexibility index (Phi) is 7.19. The Labute approximate surface area is 174 Å². The number of aromatic nitrogens is 1. The Morgan fingerprint density at radius 1 is 1.13 bits per heavy atom. The first-order chi connectivity index (χ1) is 14.0. The van der Waals surface area contributed by atoms with Crippen LogP contribution in [0.15, 0.2) is 52.4 Å². The number of aliphatic imine (C=N–C) groups is 1. The molecule has 0 fully saturated rings. The summed E-state index contributed by atoms with van der Waals surface area (Å²) in [5, 5.41) is 0.864. The molecule has 9 nitrogen and oxygen atoms in total. The summed E-state index contributed by atoms with van der Waals surface area (Å²) in [4.78, 5) is 18.6. The maximum Gasteiger partial charge on any atom is 0.354 e. The number of rotatable bonds is 4. The zero-order valence-electron chi connectivity index (χ0n) is 16.8. The van der Waals surface area contributed by atoms with Gasteiger partial charge < -0.3 is 21.2 Å². The number of carbonyl (C=O) groups excluding carboxylic acids is 1. The molecule has 10 heteroatoms. The number of nitrogens with zero attached hydrogens (tertiary/aromatic N) is 1. The van der Waals surface area contributed by atoms with Crippen molar-refractivity contribution in [2.24, 2.45) is 16.5 Å². The molecule has 0 atom stereocenters. The number of aromatic amines is 1. The van der Waals surface area contributed by atoms with Crippen LogP contribution in [0.1, 0.15) is 28.5 Å². The molecule has 3 aromatic rings. The zero-order valence-corrected chi connectivity index (χ0v) is 17.7. The number of esters is 1. The van der Waals surface area contributed by atoms with Crippen molar-refractivity contribution in [2.75, 3.05) is 6.61 Å². The van der Waals surface area contributed by atoms with E-state index in [4.69, 9.17) is 20.8 Å². The van der Waals surface area contributed by atoms with Crippen LogP contribution in [0.2, 0.25) is 0 Å². The highest BCUT2D eigenvalue weighted by Gasteiger charge is 2.12. The maximum absolute atomic E-state index is 11.7. The number of benzene rings is 2. The second kappa shape index (κ2) is 9.42. The number of nitrogens with two attached hydrogens (primary N) is 2. The summed E-state index contributed by atoms with van der Waals surface area (Å²) in [6.07, 6.45) is 0. The van der Waals surface area contributed by atoms with Gasteiger partial charge in [-0.05, 0) is 56.7 Å². The number of guanidine groups is 1. The highest BCUT2D eigenvalue weighted by molar-refractivity contribution is 7.85. The third kappa shape index (κ3) is 6.06. The molecule has 6 N–H and O–H groups in total. The Balaban J connectivity index is 0.000000248. The fourth-order valence-electron chi connectivity index (χ4n) is 2.65. The summed E-state index contributed by atoms with van der Waals surface area (Å²) >= 11 is 0. The molecule has 1 aromatic heterocycles. The Morgan fingerprint density at radius 3 is 2.30 bits per heavy atom. The van der Waals surface area contributed by atoms with Crippen LogP contribution in [-0.2, 0) is 14.9 Å². The van der Waals surface area contributed by atoms with Gasteiger partial charge in [0.05, 0.1) is 17.2 Å². The van der Waals surface area contributed by atoms with Gasteiger partial charge in [-0.2, -0.15) is 8.42 Å². The van der Waals surface area contributed by atoms with Crippen molar-refractivity contribution in [3.05, 3.63) is 59.3 Å². The summed E-state index contributed by atoms with van der Waals surface area (Å²) < 4.78 is 34.5. The van der Waals surface area contributed by atoms with Gasteiger partial charge in [0, 0.05) is 10.9 Å². The molecule has 0 saturated carbocycles. The molecule has 0 radical (unpaired) electrons. The molecule has 0 aliphatic rings. The van der Waals surface area contributed by atoms with Crippen LogP contribution in [-0.4, -0.2) is 36.5 Å². The first kappa shape index (κ1) is 22.9. The number of aryl methyl sites for hydroxylation is 2. The molecule has 0 spiro atoms. The molecule has 0 unspecified atom stereocenters. The van der Waals surface area contributed by atoms with E-state index in [1.807, 2.05) is 19.9 Å². The maximum atomic E-state index is 11.7. The SMILES string of the molecule is CCOC(=O)c1cc2cc(N=C(N)N)cc(C)c2[nH]1.Cc1ccc(S(=O)(=O)O)cc1. The molecule has 0 aliphatic carbocycles. The molecule has 0 saturated heterocycles. The Hall–Kier alpha value is -3.37. The number of hydrogen-bond acceptors (Lipinski definition) is 5. The van der Waals surface area contributed by atoms with Gasteiger partial charge in [0.25, 0.3) is 10.1 Å². The number of ether oxygens (including phenoxy) is 1. The fraction of sp³-hybridized carbons (Fsp3) is 0.200. The third-order valence-corrected chi connectivity index (χ3v) is 4.85. The smallest absolute Gasteiger partial charge is 0.354 e. The van der Waals surface area contributed by atoms with E-state index in [1.54, 1.807) is 31.2 Å². The second-order valence-corrected chi connectivity index (χ2v) is 7.88. The van der Waals surface area contributed by atoms with E-state index in [0.29, 0.717) is 18.0 Å². The topological polar surface area (TPSA) is 161 Å². The van der Waals surface area contributed by atoms with Crippen LogP contribution >= 0.6 is 0 Å². The van der Waals surface area contributed by atoms with E-state index >= 15 is 0 Å². The minimum atomic E-state index is -4.02. The van der Waals surface area contributed by atoms with Gasteiger partial charge >= 0.3 is 5.97 Å². The number of fused-ring (bicyclic) bond motifs is 1. The van der Waals surface area contributed by atoms with Crippen molar-refractivity contribution in [2.45, 2.75) is 25.7 Å². The van der Waals surface area contributed by atoms with Gasteiger partial charge in [-0.15, -0.1) is 0 Å². The van der Waals surface area contributed by atoms with Crippen LogP contribution < -0.4 is 11.5 Å². The highest BCUT2D eigenvalue weighted by Crippen LogP contribution is 2.26. The molecule has 0 bridgehead atoms. The predicted molar refractivity (Wildman–Crippen MR) is 115 cm³/mol. The standard InChI is InChI=1S/C13H16N4O2.C7H8O3S/c1-3-19-12(18)10-6-8-5-9(16-13(14)15)4-7(2)11(8)17-10;1-6-2-4-7(5-3-6)11(8,9)10/h4-6,17H,3H2,1-2H3,(H4,14,15,16);2-5H,1H3,(H,8,9,10). The normalized spacial score (nSPS) is 10.8. The van der Waals surface area contributed by atoms with E-state index in [2.05, 4.69) is 9.98 Å². The molecule has 3 rings (SSSR count). The first-order valence-electron chi connectivity index (χ1n) is 8.95. The molecule has 0 amide bonds. The summed E-state index contributed by atoms with van der Waals surface area (Å²) in [6, 6.07) is 11.4. The zero-order chi connectivity index (χ0) is 22.5. The largest absolute Gasteiger partial charge is 0.461 e. The van der Waals surface area contributed by atoms with E-state index in [0.717, 1.165) is 22.0 Å². The van der Waals surface area contributed by atoms with Gasteiger partial charge in [-0.3, -0.25) is 4.55 Å². The van der Waals surface area contributed by atoms with Gasteiger partial charge in [-0.25, -0.2) is 9.79 Å². The lowest BCUT2D eigenvalue weighted by Gasteiger charge is -2.00. The second-order valence-electron chi connectivity index (χ2n) is 6.46.